The highest BCUT2D eigenvalue weighted by Crippen LogP contribution is 2.17. The summed E-state index contributed by atoms with van der Waals surface area (Å²) in [6.07, 6.45) is 1.41. The molecule has 0 saturated carbocycles. The van der Waals surface area contributed by atoms with Crippen LogP contribution in [0.2, 0.25) is 0 Å². The molecule has 0 amide bonds. The van der Waals surface area contributed by atoms with E-state index < -0.39 is 0 Å². The number of carbonyl (C=O) groups excluding carboxylic acids is 1. The minimum atomic E-state index is -0.379. The van der Waals surface area contributed by atoms with Crippen molar-refractivity contribution in [3.8, 4) is 5.75 Å². The maximum atomic E-state index is 10.9. The van der Waals surface area contributed by atoms with E-state index in [0.717, 1.165) is 11.1 Å². The molecule has 0 aliphatic rings. The Morgan fingerprint density at radius 1 is 1.36 bits per heavy atom. The average molecular weight is 192 g/mol. The molecular formula is C11H12O3. The van der Waals surface area contributed by atoms with E-state index in [4.69, 9.17) is 5.11 Å². The van der Waals surface area contributed by atoms with Crippen molar-refractivity contribution in [3.63, 3.8) is 0 Å². The van der Waals surface area contributed by atoms with E-state index in [0.29, 0.717) is 0 Å². The average Bonchev–Trinajstić information content (AvgIpc) is 2.18. The van der Waals surface area contributed by atoms with Crippen LogP contribution in [-0.4, -0.2) is 18.2 Å². The molecule has 0 aliphatic carbocycles. The van der Waals surface area contributed by atoms with Gasteiger partial charge in [-0.2, -0.15) is 0 Å². The molecule has 0 spiro atoms. The number of allylic oxidation sites excluding steroid dienone is 1. The molecular weight excluding hydrogens is 180 g/mol. The van der Waals surface area contributed by atoms with Gasteiger partial charge in [0.1, 0.15) is 5.75 Å². The van der Waals surface area contributed by atoms with E-state index >= 15 is 0 Å². The SMILES string of the molecule is COC(=O)C=C(C)c1ccc(O)cc1. The third-order valence-corrected chi connectivity index (χ3v) is 1.86. The van der Waals surface area contributed by atoms with Crippen molar-refractivity contribution in [2.75, 3.05) is 7.11 Å². The minimum absolute atomic E-state index is 0.208. The van der Waals surface area contributed by atoms with Crippen LogP contribution in [-0.2, 0) is 9.53 Å². The number of hydrogen-bond donors (Lipinski definition) is 1. The Morgan fingerprint density at radius 3 is 2.43 bits per heavy atom. The molecule has 0 aromatic heterocycles. The predicted molar refractivity (Wildman–Crippen MR) is 53.8 cm³/mol. The summed E-state index contributed by atoms with van der Waals surface area (Å²) in [7, 11) is 1.34. The molecule has 14 heavy (non-hydrogen) atoms. The van der Waals surface area contributed by atoms with E-state index in [1.54, 1.807) is 24.3 Å². The molecule has 0 bridgehead atoms. The first-order valence-electron chi connectivity index (χ1n) is 4.19. The number of phenolic OH excluding ortho intramolecular Hbond substituents is 1. The molecule has 1 rings (SSSR count). The van der Waals surface area contributed by atoms with Gasteiger partial charge in [-0.05, 0) is 30.2 Å². The molecule has 0 fully saturated rings. The van der Waals surface area contributed by atoms with Crippen molar-refractivity contribution in [1.82, 2.24) is 0 Å². The standard InChI is InChI=1S/C11H12O3/c1-8(7-11(13)14-2)9-3-5-10(12)6-4-9/h3-7,12H,1-2H3. The lowest BCUT2D eigenvalue weighted by atomic mass is 10.1. The van der Waals surface area contributed by atoms with Gasteiger partial charge in [-0.3, -0.25) is 0 Å². The van der Waals surface area contributed by atoms with Crippen molar-refractivity contribution < 1.29 is 14.6 Å². The van der Waals surface area contributed by atoms with Crippen LogP contribution >= 0.6 is 0 Å². The summed E-state index contributed by atoms with van der Waals surface area (Å²) in [6.45, 7) is 1.81. The number of aromatic hydroxyl groups is 1. The Morgan fingerprint density at radius 2 is 1.93 bits per heavy atom. The Bertz CT molecular complexity index is 349. The van der Waals surface area contributed by atoms with Crippen LogP contribution in [0.5, 0.6) is 5.75 Å². The van der Waals surface area contributed by atoms with Crippen LogP contribution < -0.4 is 0 Å². The quantitative estimate of drug-likeness (QED) is 0.575. The molecule has 1 N–H and O–H groups in total. The largest absolute Gasteiger partial charge is 0.508 e. The van der Waals surface area contributed by atoms with Gasteiger partial charge in [-0.1, -0.05) is 12.1 Å². The maximum absolute atomic E-state index is 10.9. The zero-order chi connectivity index (χ0) is 10.6. The summed E-state index contributed by atoms with van der Waals surface area (Å²) in [5.74, 6) is -0.171. The lowest BCUT2D eigenvalue weighted by Gasteiger charge is -2.00. The number of esters is 1. The fourth-order valence-corrected chi connectivity index (χ4v) is 1.04. The van der Waals surface area contributed by atoms with Crippen molar-refractivity contribution in [2.45, 2.75) is 6.92 Å². The molecule has 0 unspecified atom stereocenters. The second-order valence-corrected chi connectivity index (χ2v) is 2.90. The first kappa shape index (κ1) is 10.3. The second-order valence-electron chi connectivity index (χ2n) is 2.90. The zero-order valence-corrected chi connectivity index (χ0v) is 8.15. The number of hydrogen-bond acceptors (Lipinski definition) is 3. The topological polar surface area (TPSA) is 46.5 Å². The lowest BCUT2D eigenvalue weighted by molar-refractivity contribution is -0.134. The lowest BCUT2D eigenvalue weighted by Crippen LogP contribution is -1.95. The van der Waals surface area contributed by atoms with Crippen LogP contribution in [0.3, 0.4) is 0 Å². The molecule has 0 radical (unpaired) electrons. The highest BCUT2D eigenvalue weighted by Gasteiger charge is 1.99. The molecule has 3 heteroatoms. The molecule has 0 saturated heterocycles. The van der Waals surface area contributed by atoms with Crippen LogP contribution in [0.25, 0.3) is 5.57 Å². The van der Waals surface area contributed by atoms with E-state index in [1.807, 2.05) is 6.92 Å². The first-order chi connectivity index (χ1) is 6.63. The molecule has 1 aromatic carbocycles. The van der Waals surface area contributed by atoms with E-state index in [1.165, 1.54) is 13.2 Å². The fraction of sp³-hybridized carbons (Fsp3) is 0.182. The van der Waals surface area contributed by atoms with E-state index in [9.17, 15) is 4.79 Å². The molecule has 0 heterocycles. The predicted octanol–water partition coefficient (Wildman–Crippen LogP) is 1.97. The van der Waals surface area contributed by atoms with Crippen molar-refractivity contribution in [2.24, 2.45) is 0 Å². The highest BCUT2D eigenvalue weighted by atomic mass is 16.5. The zero-order valence-electron chi connectivity index (χ0n) is 8.15. The van der Waals surface area contributed by atoms with Crippen molar-refractivity contribution in [1.29, 1.82) is 0 Å². The summed E-state index contributed by atoms with van der Waals surface area (Å²) in [6, 6.07) is 6.63. The van der Waals surface area contributed by atoms with Crippen LogP contribution in [0.4, 0.5) is 0 Å². The molecule has 1 aromatic rings. The van der Waals surface area contributed by atoms with Gasteiger partial charge in [0.2, 0.25) is 0 Å². The van der Waals surface area contributed by atoms with Gasteiger partial charge in [0, 0.05) is 6.08 Å². The van der Waals surface area contributed by atoms with Crippen molar-refractivity contribution >= 4 is 11.5 Å². The van der Waals surface area contributed by atoms with Gasteiger partial charge in [0.25, 0.3) is 0 Å². The van der Waals surface area contributed by atoms with Gasteiger partial charge in [-0.25, -0.2) is 4.79 Å². The van der Waals surface area contributed by atoms with Gasteiger partial charge in [-0.15, -0.1) is 0 Å². The number of methoxy groups -OCH3 is 1. The first-order valence-corrected chi connectivity index (χ1v) is 4.19. The third kappa shape index (κ3) is 2.62. The molecule has 3 nitrogen and oxygen atoms in total. The molecule has 0 aliphatic heterocycles. The Kier molecular flexibility index (Phi) is 3.29. The van der Waals surface area contributed by atoms with E-state index in [-0.39, 0.29) is 11.7 Å². The minimum Gasteiger partial charge on any atom is -0.508 e. The third-order valence-electron chi connectivity index (χ3n) is 1.86. The summed E-state index contributed by atoms with van der Waals surface area (Å²) >= 11 is 0. The summed E-state index contributed by atoms with van der Waals surface area (Å²) < 4.78 is 4.50. The summed E-state index contributed by atoms with van der Waals surface area (Å²) in [5, 5.41) is 9.06. The molecule has 74 valence electrons. The highest BCUT2D eigenvalue weighted by molar-refractivity contribution is 5.90. The van der Waals surface area contributed by atoms with Gasteiger partial charge < -0.3 is 9.84 Å². The Labute approximate surface area is 82.6 Å². The normalized spacial score (nSPS) is 11.1. The maximum Gasteiger partial charge on any atom is 0.330 e. The number of benzene rings is 1. The fourth-order valence-electron chi connectivity index (χ4n) is 1.04. The monoisotopic (exact) mass is 192 g/mol. The van der Waals surface area contributed by atoms with Crippen molar-refractivity contribution in [3.05, 3.63) is 35.9 Å². The van der Waals surface area contributed by atoms with Gasteiger partial charge in [0.05, 0.1) is 7.11 Å². The van der Waals surface area contributed by atoms with Gasteiger partial charge in [0.15, 0.2) is 0 Å². The smallest absolute Gasteiger partial charge is 0.330 e. The Hall–Kier alpha value is -1.77. The van der Waals surface area contributed by atoms with Crippen LogP contribution in [0.1, 0.15) is 12.5 Å². The number of phenols is 1. The number of ether oxygens (including phenoxy) is 1. The number of rotatable bonds is 2. The summed E-state index contributed by atoms with van der Waals surface area (Å²) in [5.41, 5.74) is 1.69. The summed E-state index contributed by atoms with van der Waals surface area (Å²) in [4.78, 5) is 10.9. The Balaban J connectivity index is 2.89. The van der Waals surface area contributed by atoms with Crippen LogP contribution in [0, 0.1) is 0 Å². The van der Waals surface area contributed by atoms with Crippen LogP contribution in [0.15, 0.2) is 30.3 Å². The van der Waals surface area contributed by atoms with Gasteiger partial charge >= 0.3 is 5.97 Å². The van der Waals surface area contributed by atoms with E-state index in [2.05, 4.69) is 4.74 Å². The number of carbonyl (C=O) groups is 1. The second kappa shape index (κ2) is 4.46. The molecule has 0 atom stereocenters.